The number of hydrogen-bond acceptors (Lipinski definition) is 3. The summed E-state index contributed by atoms with van der Waals surface area (Å²) in [5.41, 5.74) is 0. The van der Waals surface area contributed by atoms with E-state index in [0.717, 1.165) is 6.54 Å². The molecule has 0 radical (unpaired) electrons. The minimum atomic E-state index is 0.595. The zero-order valence-electron chi connectivity index (χ0n) is 10.00. The van der Waals surface area contributed by atoms with Crippen LogP contribution < -0.4 is 5.32 Å². The van der Waals surface area contributed by atoms with Crippen molar-refractivity contribution >= 4 is 0 Å². The molecule has 0 saturated carbocycles. The number of piperazine rings is 1. The van der Waals surface area contributed by atoms with Crippen molar-refractivity contribution in [2.24, 2.45) is 0 Å². The first kappa shape index (κ1) is 12.5. The SMILES string of the molecule is C#CCNCC(C)N1CCN(CC)CC1. The van der Waals surface area contributed by atoms with Crippen LogP contribution in [-0.4, -0.2) is 61.7 Å². The summed E-state index contributed by atoms with van der Waals surface area (Å²) < 4.78 is 0. The number of nitrogens with zero attached hydrogens (tertiary/aromatic N) is 2. The molecule has 0 aromatic carbocycles. The second-order valence-corrected chi connectivity index (χ2v) is 4.15. The van der Waals surface area contributed by atoms with E-state index >= 15 is 0 Å². The maximum Gasteiger partial charge on any atom is 0.0574 e. The van der Waals surface area contributed by atoms with Crippen molar-refractivity contribution in [3.8, 4) is 12.3 Å². The van der Waals surface area contributed by atoms with E-state index in [1.165, 1.54) is 32.7 Å². The normalized spacial score (nSPS) is 21.1. The van der Waals surface area contributed by atoms with Crippen LogP contribution >= 0.6 is 0 Å². The molecule has 1 saturated heterocycles. The molecule has 1 atom stereocenters. The van der Waals surface area contributed by atoms with Gasteiger partial charge in [0.25, 0.3) is 0 Å². The van der Waals surface area contributed by atoms with Crippen molar-refractivity contribution in [3.63, 3.8) is 0 Å². The van der Waals surface area contributed by atoms with Crippen molar-refractivity contribution in [2.45, 2.75) is 19.9 Å². The summed E-state index contributed by atoms with van der Waals surface area (Å²) in [5, 5.41) is 3.27. The Hall–Kier alpha value is -0.560. The Labute approximate surface area is 93.8 Å². The van der Waals surface area contributed by atoms with Crippen LogP contribution in [0.2, 0.25) is 0 Å². The Kier molecular flexibility index (Phi) is 5.70. The Balaban J connectivity index is 2.18. The minimum absolute atomic E-state index is 0.595. The smallest absolute Gasteiger partial charge is 0.0574 e. The summed E-state index contributed by atoms with van der Waals surface area (Å²) in [4.78, 5) is 5.04. The molecular formula is C12H23N3. The lowest BCUT2D eigenvalue weighted by atomic mass is 10.2. The fourth-order valence-electron chi connectivity index (χ4n) is 2.00. The lowest BCUT2D eigenvalue weighted by molar-refractivity contribution is 0.106. The molecule has 0 bridgehead atoms. The van der Waals surface area contributed by atoms with Crippen molar-refractivity contribution in [1.29, 1.82) is 0 Å². The average molecular weight is 209 g/mol. The first-order valence-electron chi connectivity index (χ1n) is 5.88. The van der Waals surface area contributed by atoms with Crippen molar-refractivity contribution in [3.05, 3.63) is 0 Å². The van der Waals surface area contributed by atoms with Crippen LogP contribution in [-0.2, 0) is 0 Å². The van der Waals surface area contributed by atoms with E-state index in [-0.39, 0.29) is 0 Å². The van der Waals surface area contributed by atoms with Gasteiger partial charge in [-0.2, -0.15) is 0 Å². The molecule has 0 amide bonds. The fourth-order valence-corrected chi connectivity index (χ4v) is 2.00. The summed E-state index contributed by atoms with van der Waals surface area (Å²) in [5.74, 6) is 2.60. The average Bonchev–Trinajstić information content (AvgIpc) is 2.29. The molecular weight excluding hydrogens is 186 g/mol. The van der Waals surface area contributed by atoms with E-state index in [2.05, 4.69) is 34.9 Å². The van der Waals surface area contributed by atoms with Crippen molar-refractivity contribution in [1.82, 2.24) is 15.1 Å². The summed E-state index contributed by atoms with van der Waals surface area (Å²) in [6, 6.07) is 0.595. The molecule has 1 rings (SSSR count). The molecule has 1 unspecified atom stereocenters. The molecule has 3 nitrogen and oxygen atoms in total. The molecule has 1 aliphatic heterocycles. The quantitative estimate of drug-likeness (QED) is 0.517. The van der Waals surface area contributed by atoms with Crippen molar-refractivity contribution in [2.75, 3.05) is 45.8 Å². The van der Waals surface area contributed by atoms with Crippen LogP contribution in [0.15, 0.2) is 0 Å². The van der Waals surface area contributed by atoms with E-state index in [1.807, 2.05) is 0 Å². The minimum Gasteiger partial charge on any atom is -0.305 e. The van der Waals surface area contributed by atoms with Crippen LogP contribution in [0.1, 0.15) is 13.8 Å². The fraction of sp³-hybridized carbons (Fsp3) is 0.833. The van der Waals surface area contributed by atoms with Crippen LogP contribution in [0, 0.1) is 12.3 Å². The van der Waals surface area contributed by atoms with E-state index < -0.39 is 0 Å². The molecule has 86 valence electrons. The third-order valence-corrected chi connectivity index (χ3v) is 3.14. The summed E-state index contributed by atoms with van der Waals surface area (Å²) >= 11 is 0. The third-order valence-electron chi connectivity index (χ3n) is 3.14. The highest BCUT2D eigenvalue weighted by molar-refractivity contribution is 4.87. The lowest BCUT2D eigenvalue weighted by Crippen LogP contribution is -2.51. The highest BCUT2D eigenvalue weighted by atomic mass is 15.3. The first-order valence-corrected chi connectivity index (χ1v) is 5.88. The standard InChI is InChI=1S/C12H23N3/c1-4-6-13-11-12(3)15-9-7-14(5-2)8-10-15/h1,12-13H,5-11H2,2-3H3. The predicted octanol–water partition coefficient (Wildman–Crippen LogP) is 0.235. The molecule has 1 heterocycles. The largest absolute Gasteiger partial charge is 0.305 e. The molecule has 1 N–H and O–H groups in total. The van der Waals surface area contributed by atoms with Gasteiger partial charge in [-0.25, -0.2) is 0 Å². The summed E-state index contributed by atoms with van der Waals surface area (Å²) in [6.45, 7) is 12.1. The molecule has 1 fully saturated rings. The van der Waals surface area contributed by atoms with Crippen LogP contribution in [0.5, 0.6) is 0 Å². The van der Waals surface area contributed by atoms with E-state index in [1.54, 1.807) is 0 Å². The van der Waals surface area contributed by atoms with Gasteiger partial charge in [-0.15, -0.1) is 6.42 Å². The monoisotopic (exact) mass is 209 g/mol. The van der Waals surface area contributed by atoms with Gasteiger partial charge in [0.05, 0.1) is 6.54 Å². The number of terminal acetylenes is 1. The maximum absolute atomic E-state index is 5.20. The van der Waals surface area contributed by atoms with E-state index in [9.17, 15) is 0 Å². The van der Waals surface area contributed by atoms with Gasteiger partial charge in [0.15, 0.2) is 0 Å². The molecule has 3 heteroatoms. The first-order chi connectivity index (χ1) is 7.27. The van der Waals surface area contributed by atoms with Gasteiger partial charge in [0, 0.05) is 38.8 Å². The Morgan fingerprint density at radius 2 is 2.00 bits per heavy atom. The van der Waals surface area contributed by atoms with E-state index in [0.29, 0.717) is 12.6 Å². The summed E-state index contributed by atoms with van der Waals surface area (Å²) in [6.07, 6.45) is 5.20. The topological polar surface area (TPSA) is 18.5 Å². The Morgan fingerprint density at radius 1 is 1.33 bits per heavy atom. The number of nitrogens with one attached hydrogen (secondary N) is 1. The van der Waals surface area contributed by atoms with Crippen LogP contribution in [0.3, 0.4) is 0 Å². The molecule has 15 heavy (non-hydrogen) atoms. The molecule has 0 aromatic heterocycles. The second-order valence-electron chi connectivity index (χ2n) is 4.15. The number of rotatable bonds is 5. The maximum atomic E-state index is 5.20. The number of hydrogen-bond donors (Lipinski definition) is 1. The van der Waals surface area contributed by atoms with Gasteiger partial charge >= 0.3 is 0 Å². The molecule has 0 spiro atoms. The van der Waals surface area contributed by atoms with Gasteiger partial charge in [0.2, 0.25) is 0 Å². The third kappa shape index (κ3) is 4.21. The predicted molar refractivity (Wildman–Crippen MR) is 64.9 cm³/mol. The number of likely N-dealkylation sites (N-methyl/N-ethyl adjacent to an activating group) is 1. The zero-order valence-corrected chi connectivity index (χ0v) is 10.00. The highest BCUT2D eigenvalue weighted by Gasteiger charge is 2.19. The Bertz CT molecular complexity index is 201. The summed E-state index contributed by atoms with van der Waals surface area (Å²) in [7, 11) is 0. The molecule has 0 aromatic rings. The van der Waals surface area contributed by atoms with Gasteiger partial charge in [0.1, 0.15) is 0 Å². The molecule has 1 aliphatic rings. The van der Waals surface area contributed by atoms with Crippen molar-refractivity contribution < 1.29 is 0 Å². The highest BCUT2D eigenvalue weighted by Crippen LogP contribution is 2.05. The zero-order chi connectivity index (χ0) is 11.1. The van der Waals surface area contributed by atoms with Crippen LogP contribution in [0.4, 0.5) is 0 Å². The Morgan fingerprint density at radius 3 is 2.53 bits per heavy atom. The van der Waals surface area contributed by atoms with Gasteiger partial charge in [-0.1, -0.05) is 12.8 Å². The lowest BCUT2D eigenvalue weighted by Gasteiger charge is -2.37. The van der Waals surface area contributed by atoms with E-state index in [4.69, 9.17) is 6.42 Å². The van der Waals surface area contributed by atoms with Gasteiger partial charge in [-0.05, 0) is 13.5 Å². The molecule has 0 aliphatic carbocycles. The second kappa shape index (κ2) is 6.84. The van der Waals surface area contributed by atoms with Gasteiger partial charge in [-0.3, -0.25) is 4.90 Å². The van der Waals surface area contributed by atoms with Gasteiger partial charge < -0.3 is 10.2 Å². The van der Waals surface area contributed by atoms with Crippen LogP contribution in [0.25, 0.3) is 0 Å².